The minimum absolute atomic E-state index is 0.0651. The number of alkyl halides is 6. The number of nitrogens with one attached hydrogen (secondary N) is 1. The summed E-state index contributed by atoms with van der Waals surface area (Å²) in [6, 6.07) is 0.463. The first-order valence-electron chi connectivity index (χ1n) is 12.4. The molecule has 0 aliphatic carbocycles. The molecule has 3 heterocycles. The monoisotopic (exact) mass is 584 g/mol. The lowest BCUT2D eigenvalue weighted by atomic mass is 9.88. The van der Waals surface area contributed by atoms with Crippen LogP contribution < -0.4 is 10.1 Å². The Kier molecular flexibility index (Phi) is 8.94. The first-order chi connectivity index (χ1) is 18.3. The molecule has 10 nitrogen and oxygen atoms in total. The maximum atomic E-state index is 14.1. The molecular formula is C24H30F6N4O6. The highest BCUT2D eigenvalue weighted by Crippen LogP contribution is 2.45. The van der Waals surface area contributed by atoms with E-state index >= 15 is 0 Å². The van der Waals surface area contributed by atoms with Crippen molar-refractivity contribution in [1.82, 2.24) is 15.2 Å². The number of rotatable bonds is 3. The number of amides is 1. The summed E-state index contributed by atoms with van der Waals surface area (Å²) in [4.78, 5) is 16.3. The molecule has 1 unspecified atom stereocenters. The van der Waals surface area contributed by atoms with Gasteiger partial charge in [-0.1, -0.05) is 6.42 Å². The largest absolute Gasteiger partial charge is 0.474 e. The fourth-order valence-corrected chi connectivity index (χ4v) is 4.23. The van der Waals surface area contributed by atoms with Gasteiger partial charge in [0, 0.05) is 6.61 Å². The van der Waals surface area contributed by atoms with E-state index < -0.39 is 82.7 Å². The number of anilines is 1. The molecule has 1 amide bonds. The van der Waals surface area contributed by atoms with E-state index in [4.69, 9.17) is 13.9 Å². The van der Waals surface area contributed by atoms with Crippen LogP contribution in [0.15, 0.2) is 10.5 Å². The minimum atomic E-state index is -5.26. The maximum Gasteiger partial charge on any atom is 0.426 e. The lowest BCUT2D eigenvalue weighted by molar-refractivity contribution is -0.277. The van der Waals surface area contributed by atoms with Gasteiger partial charge in [-0.25, -0.2) is 9.78 Å². The van der Waals surface area contributed by atoms with Crippen LogP contribution in [0, 0.1) is 5.92 Å². The zero-order valence-electron chi connectivity index (χ0n) is 22.1. The molecular weight excluding hydrogens is 554 g/mol. The van der Waals surface area contributed by atoms with E-state index in [1.54, 1.807) is 0 Å². The second-order valence-electron chi connectivity index (χ2n) is 10.6. The van der Waals surface area contributed by atoms with Gasteiger partial charge in [-0.05, 0) is 65.4 Å². The molecule has 0 aromatic carbocycles. The van der Waals surface area contributed by atoms with Gasteiger partial charge in [-0.3, -0.25) is 5.32 Å². The van der Waals surface area contributed by atoms with Gasteiger partial charge in [0.15, 0.2) is 5.69 Å². The third kappa shape index (κ3) is 7.33. The molecule has 2 aromatic heterocycles. The number of fused-ring (bicyclic) bond motifs is 5. The molecule has 4 bridgehead atoms. The fourth-order valence-electron chi connectivity index (χ4n) is 4.23. The standard InChI is InChI=1S/C24H30F6N4O6/c1-12-10-13(7-9-35)6-5-8-22(37,24(28,29)30)19-34-33-18(39-19)16-15(31-20(36)40-21(2,3)4)11-14(23(25,26)27)17(32-16)38-12/h11-13,35,37H,5-10H2,1-4H3,(H,31,36)/t12-,13?,22-/m1/s1. The third-order valence-corrected chi connectivity index (χ3v) is 6.05. The minimum Gasteiger partial charge on any atom is -0.474 e. The number of carbonyl (C=O) groups is 1. The summed E-state index contributed by atoms with van der Waals surface area (Å²) < 4.78 is 100. The Balaban J connectivity index is 2.24. The number of hydrogen-bond donors (Lipinski definition) is 3. The molecule has 0 fully saturated rings. The predicted molar refractivity (Wildman–Crippen MR) is 126 cm³/mol. The van der Waals surface area contributed by atoms with Crippen molar-refractivity contribution < 1.29 is 55.2 Å². The number of hydrogen-bond acceptors (Lipinski definition) is 9. The van der Waals surface area contributed by atoms with E-state index in [-0.39, 0.29) is 32.3 Å². The fraction of sp³-hybridized carbons (Fsp3) is 0.667. The number of aromatic nitrogens is 3. The van der Waals surface area contributed by atoms with E-state index in [1.807, 2.05) is 0 Å². The molecule has 1 aliphatic rings. The van der Waals surface area contributed by atoms with Crippen LogP contribution in [0.5, 0.6) is 5.88 Å². The quantitative estimate of drug-likeness (QED) is 0.394. The lowest BCUT2D eigenvalue weighted by Gasteiger charge is -2.28. The summed E-state index contributed by atoms with van der Waals surface area (Å²) >= 11 is 0. The number of pyridine rings is 1. The van der Waals surface area contributed by atoms with Crippen LogP contribution in [-0.4, -0.2) is 56.0 Å². The van der Waals surface area contributed by atoms with Gasteiger partial charge in [-0.2, -0.15) is 26.3 Å². The average molecular weight is 585 g/mol. The van der Waals surface area contributed by atoms with E-state index in [9.17, 15) is 41.4 Å². The van der Waals surface area contributed by atoms with Gasteiger partial charge in [0.05, 0.1) is 11.8 Å². The van der Waals surface area contributed by atoms with Crippen LogP contribution >= 0.6 is 0 Å². The van der Waals surface area contributed by atoms with Gasteiger partial charge in [0.2, 0.25) is 11.5 Å². The molecule has 2 aromatic rings. The van der Waals surface area contributed by atoms with E-state index in [1.165, 1.54) is 27.7 Å². The number of aliphatic hydroxyl groups is 2. The smallest absolute Gasteiger partial charge is 0.426 e. The molecule has 3 rings (SSSR count). The third-order valence-electron chi connectivity index (χ3n) is 6.05. The molecule has 16 heteroatoms. The molecule has 0 spiro atoms. The van der Waals surface area contributed by atoms with Gasteiger partial charge >= 0.3 is 18.4 Å². The number of carbonyl (C=O) groups excluding carboxylic acids is 1. The Bertz CT molecular complexity index is 1200. The highest BCUT2D eigenvalue weighted by atomic mass is 19.4. The second kappa shape index (κ2) is 11.4. The molecule has 3 N–H and O–H groups in total. The van der Waals surface area contributed by atoms with Crippen LogP contribution in [-0.2, 0) is 16.5 Å². The highest BCUT2D eigenvalue weighted by molar-refractivity contribution is 5.89. The number of ether oxygens (including phenoxy) is 2. The van der Waals surface area contributed by atoms with Crippen LogP contribution in [0.2, 0.25) is 0 Å². The molecule has 0 saturated carbocycles. The maximum absolute atomic E-state index is 14.1. The summed E-state index contributed by atoms with van der Waals surface area (Å²) in [5.74, 6) is -3.48. The molecule has 224 valence electrons. The van der Waals surface area contributed by atoms with Crippen molar-refractivity contribution in [3.8, 4) is 17.5 Å². The number of halogens is 6. The van der Waals surface area contributed by atoms with E-state index in [0.29, 0.717) is 6.07 Å². The van der Waals surface area contributed by atoms with Gasteiger partial charge < -0.3 is 24.1 Å². The zero-order chi connectivity index (χ0) is 30.1. The number of aliphatic hydroxyl groups excluding tert-OH is 1. The van der Waals surface area contributed by atoms with Crippen molar-refractivity contribution >= 4 is 11.8 Å². The Hall–Kier alpha value is -3.14. The second-order valence-corrected chi connectivity index (χ2v) is 10.6. The summed E-state index contributed by atoms with van der Waals surface area (Å²) in [6.07, 6.45) is -13.2. The predicted octanol–water partition coefficient (Wildman–Crippen LogP) is 5.59. The van der Waals surface area contributed by atoms with Crippen molar-refractivity contribution in [3.05, 3.63) is 17.5 Å². The highest BCUT2D eigenvalue weighted by Gasteiger charge is 2.58. The first-order valence-corrected chi connectivity index (χ1v) is 12.4. The summed E-state index contributed by atoms with van der Waals surface area (Å²) in [6.45, 7) is 5.63. The van der Waals surface area contributed by atoms with Gasteiger partial charge in [-0.15, -0.1) is 10.2 Å². The Morgan fingerprint density at radius 2 is 1.88 bits per heavy atom. The summed E-state index contributed by atoms with van der Waals surface area (Å²) in [7, 11) is 0. The molecule has 40 heavy (non-hydrogen) atoms. The zero-order valence-corrected chi connectivity index (χ0v) is 22.1. The van der Waals surface area contributed by atoms with E-state index in [0.717, 1.165) is 0 Å². The van der Waals surface area contributed by atoms with Crippen molar-refractivity contribution in [2.24, 2.45) is 5.92 Å². The van der Waals surface area contributed by atoms with Crippen LogP contribution in [0.1, 0.15) is 71.3 Å². The SMILES string of the molecule is C[C@@H]1CC(CCO)CCC[C@](O)(C(F)(F)F)c2nnc(o2)-c2nc(c(C(F)(F)F)cc2NC(=O)OC(C)(C)C)O1. The normalized spacial score (nSPS) is 22.7. The Labute approximate surface area is 225 Å². The Morgan fingerprint density at radius 3 is 2.45 bits per heavy atom. The average Bonchev–Trinajstić information content (AvgIpc) is 3.27. The molecule has 3 atom stereocenters. The summed E-state index contributed by atoms with van der Waals surface area (Å²) in [5.41, 5.74) is -7.35. The topological polar surface area (TPSA) is 140 Å². The van der Waals surface area contributed by atoms with Crippen molar-refractivity contribution in [2.75, 3.05) is 11.9 Å². The molecule has 0 saturated heterocycles. The van der Waals surface area contributed by atoms with Crippen molar-refractivity contribution in [2.45, 2.75) is 89.5 Å². The van der Waals surface area contributed by atoms with Crippen LogP contribution in [0.25, 0.3) is 11.6 Å². The number of nitrogens with zero attached hydrogens (tertiary/aromatic N) is 3. The van der Waals surface area contributed by atoms with E-state index in [2.05, 4.69) is 20.5 Å². The molecule has 1 aliphatic heterocycles. The summed E-state index contributed by atoms with van der Waals surface area (Å²) in [5, 5.41) is 29.0. The van der Waals surface area contributed by atoms with Gasteiger partial charge in [0.25, 0.3) is 11.8 Å². The Morgan fingerprint density at radius 1 is 1.20 bits per heavy atom. The molecule has 0 radical (unpaired) electrons. The van der Waals surface area contributed by atoms with Crippen molar-refractivity contribution in [3.63, 3.8) is 0 Å². The lowest BCUT2D eigenvalue weighted by Crippen LogP contribution is -2.42. The van der Waals surface area contributed by atoms with Crippen molar-refractivity contribution in [1.29, 1.82) is 0 Å². The first kappa shape index (κ1) is 31.4. The van der Waals surface area contributed by atoms with Crippen LogP contribution in [0.4, 0.5) is 36.8 Å². The van der Waals surface area contributed by atoms with Gasteiger partial charge in [0.1, 0.15) is 11.2 Å². The van der Waals surface area contributed by atoms with Crippen LogP contribution in [0.3, 0.4) is 0 Å².